The molecule has 3 heterocycles. The van der Waals surface area contributed by atoms with Crippen LogP contribution < -0.4 is 9.80 Å². The van der Waals surface area contributed by atoms with Crippen LogP contribution in [0.5, 0.6) is 0 Å². The maximum Gasteiger partial charge on any atom is 0.490 e. The highest BCUT2D eigenvalue weighted by atomic mass is 19.4. The number of pyridine rings is 2. The molecule has 0 fully saturated rings. The second-order valence-corrected chi connectivity index (χ2v) is 7.02. The first kappa shape index (κ1) is 28.5. The first-order valence-electron chi connectivity index (χ1n) is 9.49. The maximum absolute atomic E-state index is 10.6. The molecule has 0 unspecified atom stereocenters. The van der Waals surface area contributed by atoms with Crippen LogP contribution in [-0.2, 0) is 16.1 Å². The summed E-state index contributed by atoms with van der Waals surface area (Å²) in [5.41, 5.74) is 3.39. The van der Waals surface area contributed by atoms with Gasteiger partial charge in [0.05, 0.1) is 0 Å². The van der Waals surface area contributed by atoms with Gasteiger partial charge in [0, 0.05) is 43.6 Å². The summed E-state index contributed by atoms with van der Waals surface area (Å²) in [4.78, 5) is 31.7. The molecular weight excluding hydrogens is 474 g/mol. The standard InChI is InChI=1S/C16H20N4.2C2HF3O2/c1-12-5-4-6-15(17-12)20-10-9-19(3)16-14(11-20)8-7-13(2)18-16;2*3-2(4,5)1(6)7/h4-8H,9-11H2,1-3H3;2*(H,6,7). The number of anilines is 2. The molecule has 0 atom stereocenters. The number of aromatic nitrogens is 2. The fourth-order valence-electron chi connectivity index (χ4n) is 2.59. The van der Waals surface area contributed by atoms with Gasteiger partial charge in [-0.1, -0.05) is 12.1 Å². The molecule has 0 saturated carbocycles. The van der Waals surface area contributed by atoms with Gasteiger partial charge in [-0.05, 0) is 32.0 Å². The van der Waals surface area contributed by atoms with Gasteiger partial charge in [0.15, 0.2) is 0 Å². The number of hydrogen-bond acceptors (Lipinski definition) is 6. The van der Waals surface area contributed by atoms with Gasteiger partial charge in [0.25, 0.3) is 0 Å². The van der Waals surface area contributed by atoms with Crippen LogP contribution in [0.3, 0.4) is 0 Å². The Labute approximate surface area is 190 Å². The van der Waals surface area contributed by atoms with E-state index in [-0.39, 0.29) is 0 Å². The fourth-order valence-corrected chi connectivity index (χ4v) is 2.59. The van der Waals surface area contributed by atoms with Gasteiger partial charge >= 0.3 is 24.3 Å². The molecule has 0 radical (unpaired) electrons. The van der Waals surface area contributed by atoms with Crippen molar-refractivity contribution in [3.8, 4) is 0 Å². The van der Waals surface area contributed by atoms with Crippen LogP contribution in [0.25, 0.3) is 0 Å². The Kier molecular flexibility index (Phi) is 9.64. The molecule has 2 aromatic heterocycles. The summed E-state index contributed by atoms with van der Waals surface area (Å²) in [5, 5.41) is 14.2. The number of alkyl halides is 6. The molecule has 2 N–H and O–H groups in total. The van der Waals surface area contributed by atoms with Crippen molar-refractivity contribution in [1.82, 2.24) is 9.97 Å². The highest BCUT2D eigenvalue weighted by Crippen LogP contribution is 2.25. The first-order chi connectivity index (χ1) is 15.5. The van der Waals surface area contributed by atoms with Gasteiger partial charge in [-0.3, -0.25) is 0 Å². The van der Waals surface area contributed by atoms with Gasteiger partial charge in [-0.15, -0.1) is 0 Å². The van der Waals surface area contributed by atoms with E-state index in [1.165, 1.54) is 5.56 Å². The SMILES string of the molecule is Cc1cccc(N2CCN(C)c3nc(C)ccc3C2)n1.O=C(O)C(F)(F)F.O=C(O)C(F)(F)F. The number of carboxylic acids is 2. The smallest absolute Gasteiger partial charge is 0.475 e. The van der Waals surface area contributed by atoms with E-state index < -0.39 is 24.3 Å². The third-order valence-corrected chi connectivity index (χ3v) is 4.21. The van der Waals surface area contributed by atoms with E-state index in [0.717, 1.165) is 42.7 Å². The summed E-state index contributed by atoms with van der Waals surface area (Å²) < 4.78 is 63.5. The number of halogens is 6. The normalized spacial score (nSPS) is 13.4. The van der Waals surface area contributed by atoms with Crippen LogP contribution in [-0.4, -0.2) is 64.6 Å². The number of rotatable bonds is 1. The van der Waals surface area contributed by atoms with Crippen molar-refractivity contribution in [3.63, 3.8) is 0 Å². The minimum absolute atomic E-state index is 0.864. The van der Waals surface area contributed by atoms with Crippen molar-refractivity contribution < 1.29 is 46.1 Å². The Bertz CT molecular complexity index is 974. The van der Waals surface area contributed by atoms with Crippen molar-refractivity contribution in [2.75, 3.05) is 29.9 Å². The number of aryl methyl sites for hydroxylation is 2. The highest BCUT2D eigenvalue weighted by molar-refractivity contribution is 5.73. The molecule has 0 amide bonds. The zero-order valence-electron chi connectivity index (χ0n) is 18.3. The zero-order valence-corrected chi connectivity index (χ0v) is 18.3. The van der Waals surface area contributed by atoms with Gasteiger partial charge in [0.2, 0.25) is 0 Å². The Morgan fingerprint density at radius 2 is 1.35 bits per heavy atom. The van der Waals surface area contributed by atoms with E-state index in [4.69, 9.17) is 19.8 Å². The Morgan fingerprint density at radius 1 is 0.853 bits per heavy atom. The molecule has 2 aromatic rings. The van der Waals surface area contributed by atoms with Crippen LogP contribution in [0.2, 0.25) is 0 Å². The highest BCUT2D eigenvalue weighted by Gasteiger charge is 2.38. The molecule has 1 aliphatic heterocycles. The first-order valence-corrected chi connectivity index (χ1v) is 9.49. The van der Waals surface area contributed by atoms with Gasteiger partial charge < -0.3 is 20.0 Å². The minimum Gasteiger partial charge on any atom is -0.475 e. The van der Waals surface area contributed by atoms with E-state index in [2.05, 4.69) is 51.1 Å². The number of carbonyl (C=O) groups is 2. The molecule has 0 saturated heterocycles. The third-order valence-electron chi connectivity index (χ3n) is 4.21. The lowest BCUT2D eigenvalue weighted by atomic mass is 10.2. The molecule has 1 aliphatic rings. The lowest BCUT2D eigenvalue weighted by molar-refractivity contribution is -0.193. The number of nitrogens with zero attached hydrogens (tertiary/aromatic N) is 4. The Balaban J connectivity index is 0.000000343. The molecule has 0 spiro atoms. The van der Waals surface area contributed by atoms with E-state index in [1.54, 1.807) is 0 Å². The number of fused-ring (bicyclic) bond motifs is 1. The lowest BCUT2D eigenvalue weighted by Gasteiger charge is -2.22. The van der Waals surface area contributed by atoms with Gasteiger partial charge in [-0.2, -0.15) is 26.3 Å². The van der Waals surface area contributed by atoms with Crippen LogP contribution in [0, 0.1) is 13.8 Å². The third kappa shape index (κ3) is 9.11. The Morgan fingerprint density at radius 3 is 1.82 bits per heavy atom. The molecule has 34 heavy (non-hydrogen) atoms. The lowest BCUT2D eigenvalue weighted by Crippen LogP contribution is -2.29. The monoisotopic (exact) mass is 496 g/mol. The zero-order chi connectivity index (χ0) is 26.3. The molecule has 14 heteroatoms. The molecular formula is C20H22F6N4O4. The average Bonchev–Trinajstić information content (AvgIpc) is 2.87. The summed E-state index contributed by atoms with van der Waals surface area (Å²) in [5.74, 6) is -3.37. The molecule has 8 nitrogen and oxygen atoms in total. The molecule has 3 rings (SSSR count). The number of carboxylic acid groups (broad SMARTS) is 2. The predicted octanol–water partition coefficient (Wildman–Crippen LogP) is 3.82. The summed E-state index contributed by atoms with van der Waals surface area (Å²) >= 11 is 0. The van der Waals surface area contributed by atoms with Crippen molar-refractivity contribution >= 4 is 23.6 Å². The second-order valence-electron chi connectivity index (χ2n) is 7.02. The van der Waals surface area contributed by atoms with Gasteiger partial charge in [-0.25, -0.2) is 19.6 Å². The van der Waals surface area contributed by atoms with E-state index in [1.807, 2.05) is 19.9 Å². The number of aliphatic carboxylic acids is 2. The van der Waals surface area contributed by atoms with Crippen LogP contribution in [0.4, 0.5) is 38.0 Å². The minimum atomic E-state index is -5.08. The van der Waals surface area contributed by atoms with E-state index in [0.29, 0.717) is 0 Å². The average molecular weight is 496 g/mol. The molecule has 188 valence electrons. The van der Waals surface area contributed by atoms with Crippen LogP contribution >= 0.6 is 0 Å². The molecule has 0 bridgehead atoms. The summed E-state index contributed by atoms with van der Waals surface area (Å²) in [6.07, 6.45) is -10.2. The largest absolute Gasteiger partial charge is 0.490 e. The second kappa shape index (κ2) is 11.5. The van der Waals surface area contributed by atoms with Crippen molar-refractivity contribution in [2.45, 2.75) is 32.7 Å². The van der Waals surface area contributed by atoms with E-state index >= 15 is 0 Å². The van der Waals surface area contributed by atoms with Crippen LogP contribution in [0.1, 0.15) is 17.0 Å². The van der Waals surface area contributed by atoms with Gasteiger partial charge in [0.1, 0.15) is 11.6 Å². The number of likely N-dealkylation sites (N-methyl/N-ethyl adjacent to an activating group) is 1. The Hall–Kier alpha value is -3.58. The summed E-state index contributed by atoms with van der Waals surface area (Å²) in [6.45, 7) is 6.86. The van der Waals surface area contributed by atoms with Crippen molar-refractivity contribution in [2.24, 2.45) is 0 Å². The molecule has 0 aliphatic carbocycles. The predicted molar refractivity (Wildman–Crippen MR) is 110 cm³/mol. The summed E-state index contributed by atoms with van der Waals surface area (Å²) in [7, 11) is 2.11. The quantitative estimate of drug-likeness (QED) is 0.574. The summed E-state index contributed by atoms with van der Waals surface area (Å²) in [6, 6.07) is 10.5. The topological polar surface area (TPSA) is 107 Å². The fraction of sp³-hybridized carbons (Fsp3) is 0.400. The van der Waals surface area contributed by atoms with Crippen LogP contribution in [0.15, 0.2) is 30.3 Å². The number of hydrogen-bond donors (Lipinski definition) is 2. The van der Waals surface area contributed by atoms with Crippen molar-refractivity contribution in [3.05, 3.63) is 47.3 Å². The molecule has 0 aromatic carbocycles. The van der Waals surface area contributed by atoms with Crippen molar-refractivity contribution in [1.29, 1.82) is 0 Å². The maximum atomic E-state index is 10.6. The van der Waals surface area contributed by atoms with E-state index in [9.17, 15) is 26.3 Å².